The molecular formula is C16H20N4OS. The predicted octanol–water partition coefficient (Wildman–Crippen LogP) is 2.45. The van der Waals surface area contributed by atoms with E-state index >= 15 is 0 Å². The zero-order valence-corrected chi connectivity index (χ0v) is 13.3. The number of nitrogens with one attached hydrogen (secondary N) is 1. The lowest BCUT2D eigenvalue weighted by atomic mass is 9.99. The van der Waals surface area contributed by atoms with E-state index in [1.807, 2.05) is 22.5 Å². The quantitative estimate of drug-likeness (QED) is 0.926. The van der Waals surface area contributed by atoms with Gasteiger partial charge in [0.05, 0.1) is 11.8 Å². The summed E-state index contributed by atoms with van der Waals surface area (Å²) in [6, 6.07) is 2.56. The highest BCUT2D eigenvalue weighted by Gasteiger charge is 2.31. The molecule has 2 fully saturated rings. The van der Waals surface area contributed by atoms with Crippen molar-refractivity contribution < 1.29 is 4.79 Å². The molecule has 6 heteroatoms. The number of fused-ring (bicyclic) bond motifs is 1. The molecule has 0 saturated carbocycles. The smallest absolute Gasteiger partial charge is 0.254 e. The van der Waals surface area contributed by atoms with Crippen molar-refractivity contribution in [1.82, 2.24) is 20.0 Å². The first-order valence-electron chi connectivity index (χ1n) is 7.92. The van der Waals surface area contributed by atoms with Crippen LogP contribution in [0.25, 0.3) is 10.4 Å². The Morgan fingerprint density at radius 2 is 2.27 bits per heavy atom. The number of thiophene rings is 1. The van der Waals surface area contributed by atoms with Gasteiger partial charge in [-0.15, -0.1) is 11.3 Å². The lowest BCUT2D eigenvalue weighted by molar-refractivity contribution is 0.0373. The molecule has 0 aromatic carbocycles. The van der Waals surface area contributed by atoms with E-state index in [0.29, 0.717) is 6.04 Å². The second kappa shape index (κ2) is 5.85. The molecule has 2 aliphatic rings. The van der Waals surface area contributed by atoms with Crippen LogP contribution in [0.15, 0.2) is 23.8 Å². The van der Waals surface area contributed by atoms with Crippen LogP contribution < -0.4 is 0 Å². The first-order valence-corrected chi connectivity index (χ1v) is 8.80. The number of amides is 1. The third-order valence-corrected chi connectivity index (χ3v) is 5.73. The largest absolute Gasteiger partial charge is 0.336 e. The molecule has 0 aliphatic carbocycles. The molecule has 2 aliphatic heterocycles. The molecule has 5 nitrogen and oxygen atoms in total. The van der Waals surface area contributed by atoms with Gasteiger partial charge in [0.15, 0.2) is 0 Å². The van der Waals surface area contributed by atoms with Crippen LogP contribution in [0.1, 0.15) is 29.6 Å². The van der Waals surface area contributed by atoms with Gasteiger partial charge in [0.2, 0.25) is 0 Å². The molecule has 0 spiro atoms. The normalized spacial score (nSPS) is 22.5. The minimum atomic E-state index is 0.177. The molecule has 1 unspecified atom stereocenters. The van der Waals surface area contributed by atoms with Crippen LogP contribution >= 0.6 is 11.3 Å². The summed E-state index contributed by atoms with van der Waals surface area (Å²) in [6.07, 6.45) is 7.49. The van der Waals surface area contributed by atoms with Crippen molar-refractivity contribution >= 4 is 17.2 Å². The number of carbonyl (C=O) groups is 1. The van der Waals surface area contributed by atoms with Crippen molar-refractivity contribution in [3.8, 4) is 10.4 Å². The first-order chi connectivity index (χ1) is 10.8. The zero-order chi connectivity index (χ0) is 14.9. The molecule has 116 valence electrons. The van der Waals surface area contributed by atoms with E-state index in [1.54, 1.807) is 17.5 Å². The van der Waals surface area contributed by atoms with Crippen molar-refractivity contribution in [2.75, 3.05) is 26.2 Å². The molecule has 1 atom stereocenters. The van der Waals surface area contributed by atoms with Crippen LogP contribution in [0.5, 0.6) is 0 Å². The van der Waals surface area contributed by atoms with Gasteiger partial charge in [0.25, 0.3) is 5.91 Å². The molecule has 1 N–H and O–H groups in total. The van der Waals surface area contributed by atoms with Crippen molar-refractivity contribution in [1.29, 1.82) is 0 Å². The van der Waals surface area contributed by atoms with Gasteiger partial charge in [-0.05, 0) is 25.5 Å². The lowest BCUT2D eigenvalue weighted by Gasteiger charge is -2.44. The summed E-state index contributed by atoms with van der Waals surface area (Å²) >= 11 is 1.60. The van der Waals surface area contributed by atoms with Gasteiger partial charge >= 0.3 is 0 Å². The van der Waals surface area contributed by atoms with Crippen molar-refractivity contribution in [3.05, 3.63) is 29.4 Å². The standard InChI is InChI=1S/C16H20N4OS/c21-16(12-7-15(22-11-12)13-8-17-18-9-13)20-6-5-19-4-2-1-3-14(19)10-20/h7-9,11,14H,1-6,10H2,(H,17,18). The molecule has 4 rings (SSSR count). The van der Waals surface area contributed by atoms with E-state index in [9.17, 15) is 4.79 Å². The van der Waals surface area contributed by atoms with Crippen LogP contribution in [-0.2, 0) is 0 Å². The van der Waals surface area contributed by atoms with Crippen LogP contribution in [0.4, 0.5) is 0 Å². The monoisotopic (exact) mass is 316 g/mol. The molecule has 0 radical (unpaired) electrons. The Morgan fingerprint density at radius 3 is 3.14 bits per heavy atom. The number of aromatic nitrogens is 2. The van der Waals surface area contributed by atoms with Crippen LogP contribution in [0.2, 0.25) is 0 Å². The summed E-state index contributed by atoms with van der Waals surface area (Å²) in [5, 5.41) is 8.76. The summed E-state index contributed by atoms with van der Waals surface area (Å²) in [5.74, 6) is 0.177. The molecule has 2 aromatic rings. The Labute approximate surface area is 133 Å². The molecule has 2 saturated heterocycles. The number of rotatable bonds is 2. The van der Waals surface area contributed by atoms with Crippen LogP contribution in [-0.4, -0.2) is 58.1 Å². The average molecular weight is 316 g/mol. The maximum Gasteiger partial charge on any atom is 0.254 e. The van der Waals surface area contributed by atoms with Gasteiger partial charge in [0.1, 0.15) is 0 Å². The van der Waals surface area contributed by atoms with Gasteiger partial charge in [0, 0.05) is 47.7 Å². The summed E-state index contributed by atoms with van der Waals surface area (Å²) in [4.78, 5) is 18.4. The van der Waals surface area contributed by atoms with E-state index in [4.69, 9.17) is 0 Å². The maximum atomic E-state index is 12.7. The molecular weight excluding hydrogens is 296 g/mol. The van der Waals surface area contributed by atoms with Gasteiger partial charge in [-0.3, -0.25) is 14.8 Å². The first kappa shape index (κ1) is 14.0. The zero-order valence-electron chi connectivity index (χ0n) is 12.5. The number of nitrogens with zero attached hydrogens (tertiary/aromatic N) is 3. The van der Waals surface area contributed by atoms with Gasteiger partial charge in [-0.2, -0.15) is 5.10 Å². The Kier molecular flexibility index (Phi) is 3.72. The molecule has 22 heavy (non-hydrogen) atoms. The third kappa shape index (κ3) is 2.57. The van der Waals surface area contributed by atoms with Gasteiger partial charge in [-0.25, -0.2) is 0 Å². The second-order valence-electron chi connectivity index (χ2n) is 6.12. The summed E-state index contributed by atoms with van der Waals surface area (Å²) < 4.78 is 0. The topological polar surface area (TPSA) is 52.2 Å². The SMILES string of the molecule is O=C(c1csc(-c2cn[nH]c2)c1)N1CCN2CCCCC2C1. The second-order valence-corrected chi connectivity index (χ2v) is 7.03. The molecule has 0 bridgehead atoms. The highest BCUT2D eigenvalue weighted by molar-refractivity contribution is 7.13. The Balaban J connectivity index is 1.48. The number of piperazine rings is 1. The van der Waals surface area contributed by atoms with Crippen LogP contribution in [0.3, 0.4) is 0 Å². The number of H-pyrrole nitrogens is 1. The minimum Gasteiger partial charge on any atom is -0.336 e. The highest BCUT2D eigenvalue weighted by atomic mass is 32.1. The minimum absolute atomic E-state index is 0.177. The number of piperidine rings is 1. The van der Waals surface area contributed by atoms with E-state index in [0.717, 1.165) is 35.6 Å². The number of carbonyl (C=O) groups excluding carboxylic acids is 1. The maximum absolute atomic E-state index is 12.7. The molecule has 4 heterocycles. The Bertz CT molecular complexity index is 651. The van der Waals surface area contributed by atoms with Crippen molar-refractivity contribution in [2.24, 2.45) is 0 Å². The fourth-order valence-corrected chi connectivity index (χ4v) is 4.37. The van der Waals surface area contributed by atoms with E-state index in [-0.39, 0.29) is 5.91 Å². The van der Waals surface area contributed by atoms with Crippen LogP contribution in [0, 0.1) is 0 Å². The fourth-order valence-electron chi connectivity index (χ4n) is 3.51. The fraction of sp³-hybridized carbons (Fsp3) is 0.500. The number of aromatic amines is 1. The summed E-state index contributed by atoms with van der Waals surface area (Å²) in [7, 11) is 0. The Morgan fingerprint density at radius 1 is 1.32 bits per heavy atom. The predicted molar refractivity (Wildman–Crippen MR) is 87.0 cm³/mol. The average Bonchev–Trinajstić information content (AvgIpc) is 3.24. The lowest BCUT2D eigenvalue weighted by Crippen LogP contribution is -2.56. The van der Waals surface area contributed by atoms with Crippen molar-refractivity contribution in [2.45, 2.75) is 25.3 Å². The summed E-state index contributed by atoms with van der Waals surface area (Å²) in [6.45, 7) is 3.97. The molecule has 2 aromatic heterocycles. The summed E-state index contributed by atoms with van der Waals surface area (Å²) in [5.41, 5.74) is 1.85. The third-order valence-electron chi connectivity index (χ3n) is 4.75. The van der Waals surface area contributed by atoms with E-state index in [1.165, 1.54) is 25.8 Å². The van der Waals surface area contributed by atoms with E-state index in [2.05, 4.69) is 15.1 Å². The highest BCUT2D eigenvalue weighted by Crippen LogP contribution is 2.28. The number of hydrogen-bond donors (Lipinski definition) is 1. The van der Waals surface area contributed by atoms with E-state index < -0.39 is 0 Å². The number of hydrogen-bond acceptors (Lipinski definition) is 4. The Hall–Kier alpha value is -1.66. The van der Waals surface area contributed by atoms with Crippen molar-refractivity contribution in [3.63, 3.8) is 0 Å². The van der Waals surface area contributed by atoms with Gasteiger partial charge in [-0.1, -0.05) is 6.42 Å². The van der Waals surface area contributed by atoms with Gasteiger partial charge < -0.3 is 4.90 Å². The molecule has 1 amide bonds.